The molecule has 0 aromatic heterocycles. The van der Waals surface area contributed by atoms with E-state index >= 15 is 0 Å². The highest BCUT2D eigenvalue weighted by Gasteiger charge is 2.32. The van der Waals surface area contributed by atoms with E-state index < -0.39 is 0 Å². The lowest BCUT2D eigenvalue weighted by Gasteiger charge is -2.39. The van der Waals surface area contributed by atoms with Gasteiger partial charge in [0.15, 0.2) is 0 Å². The van der Waals surface area contributed by atoms with E-state index in [4.69, 9.17) is 5.73 Å². The SMILES string of the molecule is C[C@H]1C[C@H](Nc2cccc(F)c2N)CC(C)(C)C1. The Labute approximate surface area is 109 Å². The van der Waals surface area contributed by atoms with Crippen molar-refractivity contribution in [2.75, 3.05) is 11.1 Å². The lowest BCUT2D eigenvalue weighted by molar-refractivity contribution is 0.178. The molecule has 1 aromatic carbocycles. The Hall–Kier alpha value is -1.25. The lowest BCUT2D eigenvalue weighted by atomic mass is 9.70. The molecular weight excluding hydrogens is 227 g/mol. The summed E-state index contributed by atoms with van der Waals surface area (Å²) < 4.78 is 13.4. The molecule has 0 unspecified atom stereocenters. The Bertz CT molecular complexity index is 429. The Kier molecular flexibility index (Phi) is 3.51. The molecule has 18 heavy (non-hydrogen) atoms. The number of anilines is 2. The van der Waals surface area contributed by atoms with Crippen LogP contribution in [0.15, 0.2) is 18.2 Å². The molecule has 0 bridgehead atoms. The fraction of sp³-hybridized carbons (Fsp3) is 0.600. The molecule has 0 radical (unpaired) electrons. The maximum absolute atomic E-state index is 13.4. The first kappa shape index (κ1) is 13.2. The molecule has 1 aromatic rings. The van der Waals surface area contributed by atoms with Crippen LogP contribution in [0, 0.1) is 17.2 Å². The minimum absolute atomic E-state index is 0.230. The summed E-state index contributed by atoms with van der Waals surface area (Å²) in [5.41, 5.74) is 7.07. The third-order valence-corrected chi connectivity index (χ3v) is 3.80. The highest BCUT2D eigenvalue weighted by Crippen LogP contribution is 2.40. The fourth-order valence-electron chi connectivity index (χ4n) is 3.34. The average molecular weight is 250 g/mol. The lowest BCUT2D eigenvalue weighted by Crippen LogP contribution is -2.35. The van der Waals surface area contributed by atoms with Gasteiger partial charge in [-0.2, -0.15) is 0 Å². The van der Waals surface area contributed by atoms with Crippen molar-refractivity contribution in [1.29, 1.82) is 0 Å². The number of nitrogens with two attached hydrogens (primary N) is 1. The molecule has 3 heteroatoms. The molecule has 2 rings (SSSR count). The van der Waals surface area contributed by atoms with Crippen molar-refractivity contribution in [3.05, 3.63) is 24.0 Å². The zero-order valence-electron chi connectivity index (χ0n) is 11.5. The van der Waals surface area contributed by atoms with Crippen LogP contribution in [0.3, 0.4) is 0 Å². The summed E-state index contributed by atoms with van der Waals surface area (Å²) in [6.45, 7) is 6.88. The van der Waals surface area contributed by atoms with E-state index in [9.17, 15) is 4.39 Å². The van der Waals surface area contributed by atoms with Gasteiger partial charge in [-0.05, 0) is 42.7 Å². The third kappa shape index (κ3) is 2.95. The number of halogens is 1. The largest absolute Gasteiger partial charge is 0.395 e. The van der Waals surface area contributed by atoms with Crippen LogP contribution in [0.25, 0.3) is 0 Å². The summed E-state index contributed by atoms with van der Waals surface area (Å²) >= 11 is 0. The summed E-state index contributed by atoms with van der Waals surface area (Å²) in [6, 6.07) is 5.33. The van der Waals surface area contributed by atoms with E-state index in [-0.39, 0.29) is 11.5 Å². The van der Waals surface area contributed by atoms with Crippen molar-refractivity contribution in [2.45, 2.75) is 46.1 Å². The Morgan fingerprint density at radius 3 is 2.72 bits per heavy atom. The van der Waals surface area contributed by atoms with E-state index in [2.05, 4.69) is 26.1 Å². The van der Waals surface area contributed by atoms with Crippen molar-refractivity contribution in [3.8, 4) is 0 Å². The summed E-state index contributed by atoms with van der Waals surface area (Å²) in [5.74, 6) is 0.351. The van der Waals surface area contributed by atoms with E-state index in [1.807, 2.05) is 6.07 Å². The smallest absolute Gasteiger partial charge is 0.148 e. The van der Waals surface area contributed by atoms with Crippen LogP contribution in [-0.4, -0.2) is 6.04 Å². The van der Waals surface area contributed by atoms with E-state index in [0.29, 0.717) is 17.4 Å². The van der Waals surface area contributed by atoms with Gasteiger partial charge in [-0.25, -0.2) is 4.39 Å². The number of nitrogen functional groups attached to an aromatic ring is 1. The minimum atomic E-state index is -0.344. The van der Waals surface area contributed by atoms with E-state index in [0.717, 1.165) is 18.5 Å². The van der Waals surface area contributed by atoms with Gasteiger partial charge in [-0.3, -0.25) is 0 Å². The average Bonchev–Trinajstić information content (AvgIpc) is 2.22. The van der Waals surface area contributed by atoms with Crippen molar-refractivity contribution >= 4 is 11.4 Å². The molecule has 3 N–H and O–H groups in total. The number of benzene rings is 1. The van der Waals surface area contributed by atoms with Crippen molar-refractivity contribution in [1.82, 2.24) is 0 Å². The van der Waals surface area contributed by atoms with E-state index in [1.165, 1.54) is 12.5 Å². The number of nitrogens with one attached hydrogen (secondary N) is 1. The maximum Gasteiger partial charge on any atom is 0.148 e. The molecule has 2 atom stereocenters. The van der Waals surface area contributed by atoms with Gasteiger partial charge in [0.2, 0.25) is 0 Å². The van der Waals surface area contributed by atoms with Gasteiger partial charge in [0.05, 0.1) is 11.4 Å². The molecule has 0 amide bonds. The Morgan fingerprint density at radius 1 is 1.33 bits per heavy atom. The van der Waals surface area contributed by atoms with Crippen LogP contribution in [0.2, 0.25) is 0 Å². The Balaban J connectivity index is 2.11. The molecule has 0 heterocycles. The first-order chi connectivity index (χ1) is 8.37. The standard InChI is InChI=1S/C15H23FN2/c1-10-7-11(9-15(2,3)8-10)18-13-6-4-5-12(16)14(13)17/h4-6,10-11,18H,7-9,17H2,1-3H3/t10-,11-/m0/s1. The molecular formula is C15H23FN2. The van der Waals surface area contributed by atoms with Crippen LogP contribution >= 0.6 is 0 Å². The van der Waals surface area contributed by atoms with Gasteiger partial charge in [0, 0.05) is 6.04 Å². The molecule has 2 nitrogen and oxygen atoms in total. The third-order valence-electron chi connectivity index (χ3n) is 3.80. The van der Waals surface area contributed by atoms with Crippen molar-refractivity contribution in [3.63, 3.8) is 0 Å². The number of para-hydroxylation sites is 1. The van der Waals surface area contributed by atoms with Gasteiger partial charge in [0.25, 0.3) is 0 Å². The molecule has 0 spiro atoms. The highest BCUT2D eigenvalue weighted by molar-refractivity contribution is 5.66. The number of hydrogen-bond acceptors (Lipinski definition) is 2. The monoisotopic (exact) mass is 250 g/mol. The molecule has 0 aliphatic heterocycles. The topological polar surface area (TPSA) is 38.0 Å². The number of hydrogen-bond donors (Lipinski definition) is 2. The molecule has 0 saturated heterocycles. The quantitative estimate of drug-likeness (QED) is 0.778. The summed E-state index contributed by atoms with van der Waals surface area (Å²) in [7, 11) is 0. The van der Waals surface area contributed by atoms with Crippen LogP contribution in [0.4, 0.5) is 15.8 Å². The maximum atomic E-state index is 13.4. The van der Waals surface area contributed by atoms with Gasteiger partial charge < -0.3 is 11.1 Å². The van der Waals surface area contributed by atoms with Crippen LogP contribution in [0.5, 0.6) is 0 Å². The van der Waals surface area contributed by atoms with Gasteiger partial charge >= 0.3 is 0 Å². The van der Waals surface area contributed by atoms with E-state index in [1.54, 1.807) is 6.07 Å². The summed E-state index contributed by atoms with van der Waals surface area (Å²) in [4.78, 5) is 0. The van der Waals surface area contributed by atoms with Crippen LogP contribution in [0.1, 0.15) is 40.0 Å². The Morgan fingerprint density at radius 2 is 2.06 bits per heavy atom. The summed E-state index contributed by atoms with van der Waals surface area (Å²) in [5, 5.41) is 3.41. The fourth-order valence-corrected chi connectivity index (χ4v) is 3.34. The number of rotatable bonds is 2. The molecule has 1 fully saturated rings. The normalized spacial score (nSPS) is 26.9. The molecule has 1 aliphatic carbocycles. The van der Waals surface area contributed by atoms with Crippen molar-refractivity contribution in [2.24, 2.45) is 11.3 Å². The second-order valence-corrected chi connectivity index (χ2v) is 6.46. The van der Waals surface area contributed by atoms with Crippen molar-refractivity contribution < 1.29 is 4.39 Å². The van der Waals surface area contributed by atoms with Crippen LogP contribution < -0.4 is 11.1 Å². The highest BCUT2D eigenvalue weighted by atomic mass is 19.1. The minimum Gasteiger partial charge on any atom is -0.395 e. The van der Waals surface area contributed by atoms with Gasteiger partial charge in [-0.1, -0.05) is 26.8 Å². The first-order valence-corrected chi connectivity index (χ1v) is 6.68. The van der Waals surface area contributed by atoms with Crippen LogP contribution in [-0.2, 0) is 0 Å². The predicted octanol–water partition coefficient (Wildman–Crippen LogP) is 4.03. The van der Waals surface area contributed by atoms with Gasteiger partial charge in [0.1, 0.15) is 5.82 Å². The zero-order chi connectivity index (χ0) is 13.3. The second-order valence-electron chi connectivity index (χ2n) is 6.46. The second kappa shape index (κ2) is 4.79. The zero-order valence-corrected chi connectivity index (χ0v) is 11.5. The summed E-state index contributed by atoms with van der Waals surface area (Å²) in [6.07, 6.45) is 3.48. The molecule has 1 aliphatic rings. The first-order valence-electron chi connectivity index (χ1n) is 6.68. The molecule has 1 saturated carbocycles. The van der Waals surface area contributed by atoms with Gasteiger partial charge in [-0.15, -0.1) is 0 Å². The molecule has 100 valence electrons. The predicted molar refractivity (Wildman–Crippen MR) is 75.0 cm³/mol.